The van der Waals surface area contributed by atoms with Crippen molar-refractivity contribution in [1.29, 1.82) is 5.26 Å². The van der Waals surface area contributed by atoms with E-state index >= 15 is 0 Å². The van der Waals surface area contributed by atoms with Crippen molar-refractivity contribution in [3.05, 3.63) is 28.7 Å². The summed E-state index contributed by atoms with van der Waals surface area (Å²) in [4.78, 5) is 10.5. The van der Waals surface area contributed by atoms with Crippen LogP contribution in [0.3, 0.4) is 0 Å². The van der Waals surface area contributed by atoms with Crippen molar-refractivity contribution >= 4 is 27.6 Å². The number of carboxylic acids is 1. The summed E-state index contributed by atoms with van der Waals surface area (Å²) in [6, 6.07) is 9.72. The van der Waals surface area contributed by atoms with E-state index in [4.69, 9.17) is 5.11 Å². The third-order valence-electron chi connectivity index (χ3n) is 2.58. The Bertz CT molecular complexity index is 453. The van der Waals surface area contributed by atoms with Gasteiger partial charge in [0.1, 0.15) is 5.54 Å². The molecule has 0 aliphatic rings. The fraction of sp³-hybridized carbons (Fsp3) is 0.385. The molecule has 0 saturated carbocycles. The SMILES string of the molecule is CC(C#N)(CCCC(=O)O)Nc1ccc(Br)cc1. The van der Waals surface area contributed by atoms with E-state index in [-0.39, 0.29) is 6.42 Å². The topological polar surface area (TPSA) is 73.1 Å². The van der Waals surface area contributed by atoms with E-state index in [1.54, 1.807) is 6.92 Å². The second kappa shape index (κ2) is 6.41. The smallest absolute Gasteiger partial charge is 0.303 e. The van der Waals surface area contributed by atoms with Gasteiger partial charge in [0.05, 0.1) is 6.07 Å². The zero-order valence-corrected chi connectivity index (χ0v) is 11.7. The fourth-order valence-electron chi connectivity index (χ4n) is 1.59. The summed E-state index contributed by atoms with van der Waals surface area (Å²) in [7, 11) is 0. The van der Waals surface area contributed by atoms with Crippen molar-refractivity contribution in [2.75, 3.05) is 5.32 Å². The van der Waals surface area contributed by atoms with Gasteiger partial charge in [0.15, 0.2) is 0 Å². The number of benzene rings is 1. The van der Waals surface area contributed by atoms with Crippen LogP contribution in [-0.4, -0.2) is 16.6 Å². The third kappa shape index (κ3) is 4.76. The molecule has 5 heteroatoms. The van der Waals surface area contributed by atoms with Gasteiger partial charge in [0.25, 0.3) is 0 Å². The summed E-state index contributed by atoms with van der Waals surface area (Å²) in [5, 5.41) is 20.9. The normalized spacial score (nSPS) is 13.4. The second-order valence-electron chi connectivity index (χ2n) is 4.32. The van der Waals surface area contributed by atoms with Crippen molar-refractivity contribution in [2.24, 2.45) is 0 Å². The van der Waals surface area contributed by atoms with Gasteiger partial charge >= 0.3 is 5.97 Å². The molecule has 1 unspecified atom stereocenters. The number of hydrogen-bond donors (Lipinski definition) is 2. The van der Waals surface area contributed by atoms with E-state index in [9.17, 15) is 10.1 Å². The fourth-order valence-corrected chi connectivity index (χ4v) is 1.86. The lowest BCUT2D eigenvalue weighted by Crippen LogP contribution is -2.32. The van der Waals surface area contributed by atoms with Gasteiger partial charge in [0, 0.05) is 16.6 Å². The van der Waals surface area contributed by atoms with Gasteiger partial charge < -0.3 is 10.4 Å². The van der Waals surface area contributed by atoms with Crippen LogP contribution >= 0.6 is 15.9 Å². The molecular weight excluding hydrogens is 296 g/mol. The van der Waals surface area contributed by atoms with Gasteiger partial charge in [-0.25, -0.2) is 0 Å². The first-order valence-corrected chi connectivity index (χ1v) is 6.41. The van der Waals surface area contributed by atoms with Crippen LogP contribution in [0.2, 0.25) is 0 Å². The average Bonchev–Trinajstić information content (AvgIpc) is 2.32. The van der Waals surface area contributed by atoms with Crippen LogP contribution < -0.4 is 5.32 Å². The van der Waals surface area contributed by atoms with Crippen molar-refractivity contribution in [2.45, 2.75) is 31.7 Å². The second-order valence-corrected chi connectivity index (χ2v) is 5.24. The maximum absolute atomic E-state index is 10.5. The Morgan fingerprint density at radius 2 is 2.11 bits per heavy atom. The molecule has 1 aromatic carbocycles. The van der Waals surface area contributed by atoms with Crippen LogP contribution in [0.1, 0.15) is 26.2 Å². The molecule has 0 fully saturated rings. The molecule has 1 rings (SSSR count). The molecule has 2 N–H and O–H groups in total. The number of nitrogens with one attached hydrogen (secondary N) is 1. The Morgan fingerprint density at radius 1 is 1.50 bits per heavy atom. The Morgan fingerprint density at radius 3 is 2.61 bits per heavy atom. The standard InChI is InChI=1S/C13H15BrN2O2/c1-13(9-15,8-2-3-12(17)18)16-11-6-4-10(14)5-7-11/h4-7,16H,2-3,8H2,1H3,(H,17,18). The molecule has 0 spiro atoms. The van der Waals surface area contributed by atoms with E-state index in [0.717, 1.165) is 10.2 Å². The first kappa shape index (κ1) is 14.5. The van der Waals surface area contributed by atoms with Crippen LogP contribution in [0.25, 0.3) is 0 Å². The molecule has 0 amide bonds. The van der Waals surface area contributed by atoms with Crippen molar-refractivity contribution in [1.82, 2.24) is 0 Å². The Balaban J connectivity index is 2.62. The van der Waals surface area contributed by atoms with Crippen LogP contribution in [0.15, 0.2) is 28.7 Å². The lowest BCUT2D eigenvalue weighted by molar-refractivity contribution is -0.137. The number of hydrogen-bond acceptors (Lipinski definition) is 3. The number of anilines is 1. The van der Waals surface area contributed by atoms with Gasteiger partial charge in [-0.15, -0.1) is 0 Å². The summed E-state index contributed by atoms with van der Waals surface area (Å²) < 4.78 is 0.970. The number of halogens is 1. The molecule has 0 aliphatic heterocycles. The summed E-state index contributed by atoms with van der Waals surface area (Å²) in [5.41, 5.74) is 0.0982. The molecule has 0 aromatic heterocycles. The maximum Gasteiger partial charge on any atom is 0.303 e. The zero-order chi connectivity index (χ0) is 13.6. The summed E-state index contributed by atoms with van der Waals surface area (Å²) in [6.07, 6.45) is 1.05. The molecule has 0 radical (unpaired) electrons. The van der Waals surface area contributed by atoms with E-state index in [0.29, 0.717) is 12.8 Å². The first-order chi connectivity index (χ1) is 8.45. The number of aliphatic carboxylic acids is 1. The van der Waals surface area contributed by atoms with E-state index < -0.39 is 11.5 Å². The molecule has 0 heterocycles. The number of nitrogens with zero attached hydrogens (tertiary/aromatic N) is 1. The largest absolute Gasteiger partial charge is 0.481 e. The molecular formula is C13H15BrN2O2. The highest BCUT2D eigenvalue weighted by molar-refractivity contribution is 9.10. The summed E-state index contributed by atoms with van der Waals surface area (Å²) in [5.74, 6) is -0.834. The molecule has 1 aromatic rings. The number of carboxylic acid groups (broad SMARTS) is 1. The van der Waals surface area contributed by atoms with Crippen molar-refractivity contribution in [3.63, 3.8) is 0 Å². The predicted octanol–water partition coefficient (Wildman–Crippen LogP) is 3.40. The quantitative estimate of drug-likeness (QED) is 0.844. The Labute approximate surface area is 115 Å². The van der Waals surface area contributed by atoms with Crippen LogP contribution in [0.5, 0.6) is 0 Å². The predicted molar refractivity (Wildman–Crippen MR) is 73.3 cm³/mol. The molecule has 96 valence electrons. The van der Waals surface area contributed by atoms with Crippen LogP contribution in [0, 0.1) is 11.3 Å². The third-order valence-corrected chi connectivity index (χ3v) is 3.11. The van der Waals surface area contributed by atoms with Gasteiger partial charge in [-0.05, 0) is 44.0 Å². The Kier molecular flexibility index (Phi) is 5.17. The molecule has 18 heavy (non-hydrogen) atoms. The number of nitriles is 1. The van der Waals surface area contributed by atoms with Gasteiger partial charge in [-0.2, -0.15) is 5.26 Å². The highest BCUT2D eigenvalue weighted by Gasteiger charge is 2.23. The molecule has 0 bridgehead atoms. The maximum atomic E-state index is 10.5. The monoisotopic (exact) mass is 310 g/mol. The van der Waals surface area contributed by atoms with Crippen molar-refractivity contribution < 1.29 is 9.90 Å². The number of carbonyl (C=O) groups is 1. The Hall–Kier alpha value is -1.54. The highest BCUT2D eigenvalue weighted by atomic mass is 79.9. The zero-order valence-electron chi connectivity index (χ0n) is 10.1. The highest BCUT2D eigenvalue weighted by Crippen LogP contribution is 2.22. The lowest BCUT2D eigenvalue weighted by atomic mass is 9.96. The van der Waals surface area contributed by atoms with Gasteiger partial charge in [0.2, 0.25) is 0 Å². The van der Waals surface area contributed by atoms with Gasteiger partial charge in [-0.3, -0.25) is 4.79 Å². The van der Waals surface area contributed by atoms with E-state index in [1.165, 1.54) is 0 Å². The minimum absolute atomic E-state index is 0.0826. The van der Waals surface area contributed by atoms with E-state index in [1.807, 2.05) is 24.3 Å². The lowest BCUT2D eigenvalue weighted by Gasteiger charge is -2.24. The molecule has 1 atom stereocenters. The van der Waals surface area contributed by atoms with Crippen LogP contribution in [0.4, 0.5) is 5.69 Å². The summed E-state index contributed by atoms with van der Waals surface area (Å²) in [6.45, 7) is 1.77. The first-order valence-electron chi connectivity index (χ1n) is 5.62. The number of rotatable bonds is 6. The molecule has 4 nitrogen and oxygen atoms in total. The molecule has 0 saturated heterocycles. The average molecular weight is 311 g/mol. The van der Waals surface area contributed by atoms with Gasteiger partial charge in [-0.1, -0.05) is 15.9 Å². The van der Waals surface area contributed by atoms with Crippen molar-refractivity contribution in [3.8, 4) is 6.07 Å². The van der Waals surface area contributed by atoms with E-state index in [2.05, 4.69) is 27.3 Å². The summed E-state index contributed by atoms with van der Waals surface area (Å²) >= 11 is 3.34. The minimum atomic E-state index is -0.834. The minimum Gasteiger partial charge on any atom is -0.481 e. The molecule has 0 aliphatic carbocycles. The van der Waals surface area contributed by atoms with Crippen LogP contribution in [-0.2, 0) is 4.79 Å².